The lowest BCUT2D eigenvalue weighted by molar-refractivity contribution is -0.171. The zero-order chi connectivity index (χ0) is 18.9. The molecule has 2 N–H and O–H groups in total. The average molecular weight is 379 g/mol. The maximum absolute atomic E-state index is 13.6. The van der Waals surface area contributed by atoms with Crippen LogP contribution in [0.3, 0.4) is 0 Å². The van der Waals surface area contributed by atoms with Gasteiger partial charge in [0.1, 0.15) is 12.4 Å². The minimum Gasteiger partial charge on any atom is -0.489 e. The Hall–Kier alpha value is -1.89. The van der Waals surface area contributed by atoms with Gasteiger partial charge >= 0.3 is 0 Å². The highest BCUT2D eigenvalue weighted by Gasteiger charge is 2.66. The highest BCUT2D eigenvalue weighted by atomic mass is 19.1. The Labute approximate surface area is 158 Å². The van der Waals surface area contributed by atoms with E-state index in [2.05, 4.69) is 15.6 Å². The van der Waals surface area contributed by atoms with Crippen LogP contribution in [-0.2, 0) is 4.74 Å². The summed E-state index contributed by atoms with van der Waals surface area (Å²) in [5, 5.41) is 6.90. The normalized spacial score (nSPS) is 28.3. The molecule has 3 fully saturated rings. The van der Waals surface area contributed by atoms with Crippen LogP contribution in [-0.4, -0.2) is 44.4 Å². The van der Waals surface area contributed by atoms with Gasteiger partial charge in [-0.2, -0.15) is 0 Å². The van der Waals surface area contributed by atoms with Crippen LogP contribution >= 0.6 is 0 Å². The zero-order valence-electron chi connectivity index (χ0n) is 15.6. The molecule has 27 heavy (non-hydrogen) atoms. The molecule has 1 saturated heterocycles. The van der Waals surface area contributed by atoms with Crippen LogP contribution in [0, 0.1) is 23.0 Å². The predicted molar refractivity (Wildman–Crippen MR) is 98.9 cm³/mol. The van der Waals surface area contributed by atoms with Gasteiger partial charge in [-0.25, -0.2) is 13.8 Å². The Morgan fingerprint density at radius 2 is 2.22 bits per heavy atom. The van der Waals surface area contributed by atoms with Crippen molar-refractivity contribution in [3.63, 3.8) is 0 Å². The molecule has 1 heterocycles. The first-order chi connectivity index (χ1) is 13.1. The fraction of sp³-hybridized carbons (Fsp3) is 0.650. The Morgan fingerprint density at radius 1 is 1.37 bits per heavy atom. The molecule has 0 amide bonds. The number of hydrogen-bond donors (Lipinski definition) is 2. The first-order valence-electron chi connectivity index (χ1n) is 9.88. The molecule has 2 saturated carbocycles. The molecule has 3 unspecified atom stereocenters. The van der Waals surface area contributed by atoms with Crippen molar-refractivity contribution in [2.45, 2.75) is 44.8 Å². The van der Waals surface area contributed by atoms with Crippen LogP contribution in [0.4, 0.5) is 8.78 Å². The summed E-state index contributed by atoms with van der Waals surface area (Å²) in [6, 6.07) is 3.71. The Bertz CT molecular complexity index is 708. The Morgan fingerprint density at radius 3 is 2.93 bits per heavy atom. The monoisotopic (exact) mass is 379 g/mol. The van der Waals surface area contributed by atoms with Crippen molar-refractivity contribution in [3.8, 4) is 5.75 Å². The maximum Gasteiger partial charge on any atom is 0.191 e. The van der Waals surface area contributed by atoms with E-state index >= 15 is 0 Å². The molecule has 148 valence electrons. The van der Waals surface area contributed by atoms with E-state index in [1.807, 2.05) is 6.92 Å². The van der Waals surface area contributed by atoms with Crippen molar-refractivity contribution in [1.82, 2.24) is 10.6 Å². The topological polar surface area (TPSA) is 54.9 Å². The number of nitrogens with one attached hydrogen (secondary N) is 2. The van der Waals surface area contributed by atoms with Crippen LogP contribution in [0.1, 0.15) is 32.6 Å². The van der Waals surface area contributed by atoms with Crippen molar-refractivity contribution >= 4 is 5.96 Å². The van der Waals surface area contributed by atoms with E-state index < -0.39 is 11.6 Å². The van der Waals surface area contributed by atoms with E-state index in [4.69, 9.17) is 9.47 Å². The van der Waals surface area contributed by atoms with Gasteiger partial charge in [0.15, 0.2) is 17.5 Å². The third kappa shape index (κ3) is 3.37. The van der Waals surface area contributed by atoms with E-state index in [0.717, 1.165) is 31.6 Å². The number of rotatable bonds is 6. The highest BCUT2D eigenvalue weighted by Crippen LogP contribution is 2.62. The molecule has 0 radical (unpaired) electrons. The van der Waals surface area contributed by atoms with Gasteiger partial charge < -0.3 is 20.1 Å². The number of guanidine groups is 1. The second-order valence-corrected chi connectivity index (χ2v) is 7.64. The van der Waals surface area contributed by atoms with E-state index in [9.17, 15) is 8.78 Å². The third-order valence-corrected chi connectivity index (χ3v) is 6.19. The van der Waals surface area contributed by atoms with Crippen molar-refractivity contribution in [2.24, 2.45) is 16.3 Å². The summed E-state index contributed by atoms with van der Waals surface area (Å²) in [5.41, 5.74) is 0.283. The zero-order valence-corrected chi connectivity index (χ0v) is 15.6. The largest absolute Gasteiger partial charge is 0.489 e. The highest BCUT2D eigenvalue weighted by molar-refractivity contribution is 5.80. The summed E-state index contributed by atoms with van der Waals surface area (Å²) < 4.78 is 37.9. The van der Waals surface area contributed by atoms with E-state index in [1.54, 1.807) is 0 Å². The number of nitrogens with zero attached hydrogens (tertiary/aromatic N) is 1. The van der Waals surface area contributed by atoms with Gasteiger partial charge in [0.25, 0.3) is 0 Å². The molecule has 4 rings (SSSR count). The molecule has 7 heteroatoms. The lowest BCUT2D eigenvalue weighted by Crippen LogP contribution is -2.72. The molecule has 1 aliphatic heterocycles. The third-order valence-electron chi connectivity index (χ3n) is 6.19. The standard InChI is InChI=1S/C20H27F2N3O2/c1-2-23-19(24-9-11-26-16-5-4-13(21)12-15(16)22)25-17-14-6-10-27-18(14)20(17)7-3-8-20/h4-5,12,14,17-18H,2-3,6-11H2,1H3,(H2,23,24,25). The summed E-state index contributed by atoms with van der Waals surface area (Å²) in [5.74, 6) is 0.0674. The molecular formula is C20H27F2N3O2. The summed E-state index contributed by atoms with van der Waals surface area (Å²) in [7, 11) is 0. The fourth-order valence-electron chi connectivity index (χ4n) is 4.83. The van der Waals surface area contributed by atoms with Crippen LogP contribution in [0.2, 0.25) is 0 Å². The van der Waals surface area contributed by atoms with Crippen molar-refractivity contribution in [1.29, 1.82) is 0 Å². The summed E-state index contributed by atoms with van der Waals surface area (Å²) >= 11 is 0. The number of aliphatic imine (C=N–C) groups is 1. The van der Waals surface area contributed by atoms with Crippen molar-refractivity contribution < 1.29 is 18.3 Å². The first kappa shape index (κ1) is 18.5. The summed E-state index contributed by atoms with van der Waals surface area (Å²) in [6.07, 6.45) is 5.24. The number of hydrogen-bond acceptors (Lipinski definition) is 3. The van der Waals surface area contributed by atoms with E-state index in [0.29, 0.717) is 24.6 Å². The lowest BCUT2D eigenvalue weighted by atomic mass is 9.46. The average Bonchev–Trinajstić information content (AvgIpc) is 3.01. The molecule has 0 bridgehead atoms. The molecule has 2 aliphatic carbocycles. The van der Waals surface area contributed by atoms with Crippen molar-refractivity contribution in [2.75, 3.05) is 26.3 Å². The van der Waals surface area contributed by atoms with Gasteiger partial charge in [0.2, 0.25) is 0 Å². The first-order valence-corrected chi connectivity index (χ1v) is 9.88. The fourth-order valence-corrected chi connectivity index (χ4v) is 4.83. The van der Waals surface area contributed by atoms with Gasteiger partial charge in [0.05, 0.1) is 12.6 Å². The summed E-state index contributed by atoms with van der Waals surface area (Å²) in [4.78, 5) is 4.57. The number of benzene rings is 1. The van der Waals surface area contributed by atoms with Gasteiger partial charge in [0, 0.05) is 36.6 Å². The molecule has 5 nitrogen and oxygen atoms in total. The lowest BCUT2D eigenvalue weighted by Gasteiger charge is -2.63. The molecule has 3 aliphatic rings. The molecule has 3 atom stereocenters. The number of ether oxygens (including phenoxy) is 2. The van der Waals surface area contributed by atoms with E-state index in [1.165, 1.54) is 31.4 Å². The molecule has 0 aromatic heterocycles. The maximum atomic E-state index is 13.6. The minimum absolute atomic E-state index is 0.0444. The Kier molecular flexibility index (Phi) is 5.21. The van der Waals surface area contributed by atoms with Gasteiger partial charge in [-0.3, -0.25) is 0 Å². The second-order valence-electron chi connectivity index (χ2n) is 7.64. The molecule has 1 spiro atoms. The molecule has 1 aromatic carbocycles. The van der Waals surface area contributed by atoms with Gasteiger partial charge in [-0.05, 0) is 38.3 Å². The van der Waals surface area contributed by atoms with Crippen LogP contribution in [0.25, 0.3) is 0 Å². The summed E-state index contributed by atoms with van der Waals surface area (Å²) in [6.45, 7) is 4.27. The van der Waals surface area contributed by atoms with Crippen LogP contribution < -0.4 is 15.4 Å². The quantitative estimate of drug-likeness (QED) is 0.453. The molecule has 1 aromatic rings. The van der Waals surface area contributed by atoms with E-state index in [-0.39, 0.29) is 17.8 Å². The van der Waals surface area contributed by atoms with Gasteiger partial charge in [-0.1, -0.05) is 6.42 Å². The number of fused-ring (bicyclic) bond motifs is 2. The predicted octanol–water partition coefficient (Wildman–Crippen LogP) is 2.86. The van der Waals surface area contributed by atoms with Gasteiger partial charge in [-0.15, -0.1) is 0 Å². The number of halogens is 2. The smallest absolute Gasteiger partial charge is 0.191 e. The van der Waals surface area contributed by atoms with Crippen molar-refractivity contribution in [3.05, 3.63) is 29.8 Å². The van der Waals surface area contributed by atoms with Crippen LogP contribution in [0.5, 0.6) is 5.75 Å². The SMILES string of the molecule is CCNC(=NCCOc1ccc(F)cc1F)NC1C2CCOC2C12CCC2. The van der Waals surface area contributed by atoms with Crippen LogP contribution in [0.15, 0.2) is 23.2 Å². The molecular weight excluding hydrogens is 352 g/mol. The minimum atomic E-state index is -0.697. The Balaban J connectivity index is 1.33. The second kappa shape index (κ2) is 7.62.